The standard InChI is InChI=1S/C15H13ClN4O3S2/c1-8(21)18-15-19-11-4-3-9(6-13(11)24-15)10-5-12(14(16)17-7-10)20-25(2,22)23/h3-7,20H,1-2H3,(H,18,19,21). The van der Waals surface area contributed by atoms with Crippen LogP contribution in [-0.2, 0) is 14.8 Å². The third-order valence-corrected chi connectivity index (χ3v) is 4.96. The number of benzene rings is 1. The molecule has 0 unspecified atom stereocenters. The molecule has 3 aromatic rings. The predicted molar refractivity (Wildman–Crippen MR) is 101 cm³/mol. The number of pyridine rings is 1. The largest absolute Gasteiger partial charge is 0.302 e. The van der Waals surface area contributed by atoms with E-state index in [9.17, 15) is 13.2 Å². The molecule has 2 aromatic heterocycles. The van der Waals surface area contributed by atoms with Gasteiger partial charge in [0.2, 0.25) is 15.9 Å². The van der Waals surface area contributed by atoms with Crippen molar-refractivity contribution in [1.82, 2.24) is 9.97 Å². The van der Waals surface area contributed by atoms with Crippen LogP contribution in [0.3, 0.4) is 0 Å². The molecule has 0 saturated heterocycles. The molecule has 10 heteroatoms. The number of nitrogens with one attached hydrogen (secondary N) is 2. The average molecular weight is 397 g/mol. The van der Waals surface area contributed by atoms with Crippen molar-refractivity contribution in [3.05, 3.63) is 35.6 Å². The molecule has 0 spiro atoms. The van der Waals surface area contributed by atoms with Crippen LogP contribution in [0.1, 0.15) is 6.92 Å². The van der Waals surface area contributed by atoms with Gasteiger partial charge in [0.25, 0.3) is 0 Å². The van der Waals surface area contributed by atoms with Crippen molar-refractivity contribution >= 4 is 59.9 Å². The first-order valence-corrected chi connectivity index (χ1v) is 10.1. The lowest BCUT2D eigenvalue weighted by atomic mass is 10.1. The van der Waals surface area contributed by atoms with Crippen molar-refractivity contribution < 1.29 is 13.2 Å². The van der Waals surface area contributed by atoms with Crippen LogP contribution in [0.4, 0.5) is 10.8 Å². The van der Waals surface area contributed by atoms with Crippen molar-refractivity contribution in [2.75, 3.05) is 16.3 Å². The zero-order chi connectivity index (χ0) is 18.2. The third kappa shape index (κ3) is 4.25. The van der Waals surface area contributed by atoms with E-state index >= 15 is 0 Å². The molecule has 0 radical (unpaired) electrons. The van der Waals surface area contributed by atoms with E-state index in [1.807, 2.05) is 18.2 Å². The van der Waals surface area contributed by atoms with Gasteiger partial charge in [-0.1, -0.05) is 29.0 Å². The summed E-state index contributed by atoms with van der Waals surface area (Å²) in [4.78, 5) is 19.5. The number of rotatable bonds is 4. The maximum atomic E-state index is 11.4. The lowest BCUT2D eigenvalue weighted by Gasteiger charge is -2.08. The minimum absolute atomic E-state index is 0.0704. The smallest absolute Gasteiger partial charge is 0.229 e. The van der Waals surface area contributed by atoms with E-state index in [4.69, 9.17) is 11.6 Å². The van der Waals surface area contributed by atoms with Crippen molar-refractivity contribution in [3.8, 4) is 11.1 Å². The summed E-state index contributed by atoms with van der Waals surface area (Å²) < 4.78 is 26.1. The van der Waals surface area contributed by atoms with Crippen LogP contribution in [-0.4, -0.2) is 30.5 Å². The molecule has 0 bridgehead atoms. The summed E-state index contributed by atoms with van der Waals surface area (Å²) >= 11 is 7.30. The number of anilines is 2. The van der Waals surface area contributed by atoms with Gasteiger partial charge in [-0.05, 0) is 23.8 Å². The number of aromatic nitrogens is 2. The molecular weight excluding hydrogens is 384 g/mol. The molecule has 0 aliphatic carbocycles. The summed E-state index contributed by atoms with van der Waals surface area (Å²) in [6, 6.07) is 7.18. The highest BCUT2D eigenvalue weighted by molar-refractivity contribution is 7.92. The number of carbonyl (C=O) groups is 1. The van der Waals surface area contributed by atoms with Crippen LogP contribution in [0.2, 0.25) is 5.15 Å². The maximum Gasteiger partial charge on any atom is 0.229 e. The summed E-state index contributed by atoms with van der Waals surface area (Å²) in [7, 11) is -3.46. The molecule has 1 amide bonds. The zero-order valence-corrected chi connectivity index (χ0v) is 15.6. The Hall–Kier alpha value is -2.23. The molecule has 0 aliphatic rings. The topological polar surface area (TPSA) is 101 Å². The number of hydrogen-bond acceptors (Lipinski definition) is 6. The number of nitrogens with zero attached hydrogens (tertiary/aromatic N) is 2. The fourth-order valence-corrected chi connectivity index (χ4v) is 3.90. The molecule has 2 heterocycles. The second-order valence-corrected chi connectivity index (χ2v) is 8.46. The predicted octanol–water partition coefficient (Wildman–Crippen LogP) is 3.34. The Kier molecular flexibility index (Phi) is 4.63. The van der Waals surface area contributed by atoms with E-state index in [-0.39, 0.29) is 16.7 Å². The van der Waals surface area contributed by atoms with Gasteiger partial charge in [0.1, 0.15) is 0 Å². The van der Waals surface area contributed by atoms with E-state index in [1.54, 1.807) is 12.3 Å². The quantitative estimate of drug-likeness (QED) is 0.658. The second kappa shape index (κ2) is 6.58. The number of hydrogen-bond donors (Lipinski definition) is 2. The number of amides is 1. The van der Waals surface area contributed by atoms with Crippen molar-refractivity contribution in [1.29, 1.82) is 0 Å². The molecule has 2 N–H and O–H groups in total. The Balaban J connectivity index is 2.01. The Morgan fingerprint density at radius 2 is 2.00 bits per heavy atom. The van der Waals surface area contributed by atoms with Crippen LogP contribution < -0.4 is 10.0 Å². The summed E-state index contributed by atoms with van der Waals surface area (Å²) in [6.45, 7) is 1.42. The van der Waals surface area contributed by atoms with Crippen LogP contribution in [0.15, 0.2) is 30.5 Å². The number of fused-ring (bicyclic) bond motifs is 1. The fraction of sp³-hybridized carbons (Fsp3) is 0.133. The zero-order valence-electron chi connectivity index (χ0n) is 13.2. The van der Waals surface area contributed by atoms with Gasteiger partial charge in [-0.25, -0.2) is 18.4 Å². The molecule has 3 rings (SSSR count). The van der Waals surface area contributed by atoms with Crippen LogP contribution in [0, 0.1) is 0 Å². The third-order valence-electron chi connectivity index (χ3n) is 3.14. The van der Waals surface area contributed by atoms with Gasteiger partial charge < -0.3 is 5.32 Å². The molecular formula is C15H13ClN4O3S2. The first-order chi connectivity index (χ1) is 11.7. The lowest BCUT2D eigenvalue weighted by Crippen LogP contribution is -2.10. The lowest BCUT2D eigenvalue weighted by molar-refractivity contribution is -0.114. The first kappa shape index (κ1) is 17.6. The minimum Gasteiger partial charge on any atom is -0.302 e. The van der Waals surface area contributed by atoms with E-state index < -0.39 is 10.0 Å². The van der Waals surface area contributed by atoms with Gasteiger partial charge in [-0.2, -0.15) is 0 Å². The van der Waals surface area contributed by atoms with Gasteiger partial charge in [0.15, 0.2) is 10.3 Å². The van der Waals surface area contributed by atoms with Gasteiger partial charge in [-0.3, -0.25) is 9.52 Å². The molecule has 0 aliphatic heterocycles. The molecule has 0 saturated carbocycles. The molecule has 130 valence electrons. The second-order valence-electron chi connectivity index (χ2n) is 5.32. The Labute approximate surface area is 153 Å². The maximum absolute atomic E-state index is 11.4. The van der Waals surface area contributed by atoms with E-state index in [0.717, 1.165) is 22.0 Å². The van der Waals surface area contributed by atoms with Gasteiger partial charge >= 0.3 is 0 Å². The van der Waals surface area contributed by atoms with Gasteiger partial charge in [0, 0.05) is 18.7 Å². The van der Waals surface area contributed by atoms with E-state index in [2.05, 4.69) is 20.0 Å². The van der Waals surface area contributed by atoms with Gasteiger partial charge in [-0.15, -0.1) is 0 Å². The molecule has 1 aromatic carbocycles. The molecule has 7 nitrogen and oxygen atoms in total. The molecule has 25 heavy (non-hydrogen) atoms. The van der Waals surface area contributed by atoms with Crippen LogP contribution in [0.5, 0.6) is 0 Å². The normalized spacial score (nSPS) is 11.5. The Bertz CT molecular complexity index is 1080. The Morgan fingerprint density at radius 1 is 1.24 bits per heavy atom. The van der Waals surface area contributed by atoms with Crippen molar-refractivity contribution in [2.45, 2.75) is 6.92 Å². The highest BCUT2D eigenvalue weighted by atomic mass is 35.5. The number of thiazole rings is 1. The number of carbonyl (C=O) groups excluding carboxylic acids is 1. The fourth-order valence-electron chi connectivity index (χ4n) is 2.19. The van der Waals surface area contributed by atoms with Crippen LogP contribution >= 0.6 is 22.9 Å². The van der Waals surface area contributed by atoms with Crippen molar-refractivity contribution in [2.24, 2.45) is 0 Å². The first-order valence-electron chi connectivity index (χ1n) is 7.03. The number of halogens is 1. The average Bonchev–Trinajstić information content (AvgIpc) is 2.88. The van der Waals surface area contributed by atoms with Crippen molar-refractivity contribution in [3.63, 3.8) is 0 Å². The highest BCUT2D eigenvalue weighted by Crippen LogP contribution is 2.32. The van der Waals surface area contributed by atoms with Crippen LogP contribution in [0.25, 0.3) is 21.3 Å². The van der Waals surface area contributed by atoms with E-state index in [0.29, 0.717) is 10.7 Å². The van der Waals surface area contributed by atoms with Gasteiger partial charge in [0.05, 0.1) is 22.2 Å². The summed E-state index contributed by atoms with van der Waals surface area (Å²) in [5.41, 5.74) is 2.50. The Morgan fingerprint density at radius 3 is 2.68 bits per heavy atom. The highest BCUT2D eigenvalue weighted by Gasteiger charge is 2.11. The van der Waals surface area contributed by atoms with E-state index in [1.165, 1.54) is 18.3 Å². The minimum atomic E-state index is -3.46. The summed E-state index contributed by atoms with van der Waals surface area (Å²) in [5, 5.41) is 3.25. The summed E-state index contributed by atoms with van der Waals surface area (Å²) in [6.07, 6.45) is 2.61. The monoisotopic (exact) mass is 396 g/mol. The summed E-state index contributed by atoms with van der Waals surface area (Å²) in [5.74, 6) is -0.183. The molecule has 0 fully saturated rings. The molecule has 0 atom stereocenters. The SMILES string of the molecule is CC(=O)Nc1nc2ccc(-c3cnc(Cl)c(NS(C)(=O)=O)c3)cc2s1. The number of sulfonamides is 1.